The van der Waals surface area contributed by atoms with E-state index in [2.05, 4.69) is 21.2 Å². The number of benzene rings is 2. The molecule has 0 unspecified atom stereocenters. The fourth-order valence-corrected chi connectivity index (χ4v) is 2.71. The van der Waals surface area contributed by atoms with Gasteiger partial charge in [0.05, 0.1) is 5.92 Å². The molecule has 0 bridgehead atoms. The summed E-state index contributed by atoms with van der Waals surface area (Å²) in [7, 11) is 0. The highest BCUT2D eigenvalue weighted by molar-refractivity contribution is 9.10. The van der Waals surface area contributed by atoms with E-state index in [1.165, 1.54) is 0 Å². The molecule has 1 atom stereocenters. The Morgan fingerprint density at radius 1 is 1.29 bits per heavy atom. The van der Waals surface area contributed by atoms with E-state index in [1.54, 1.807) is 0 Å². The van der Waals surface area contributed by atoms with Gasteiger partial charge in [0.2, 0.25) is 5.91 Å². The van der Waals surface area contributed by atoms with Gasteiger partial charge in [0.25, 0.3) is 0 Å². The van der Waals surface area contributed by atoms with Crippen molar-refractivity contribution >= 4 is 27.5 Å². The van der Waals surface area contributed by atoms with E-state index in [0.717, 1.165) is 33.5 Å². The SMILES string of the molecule is Cc1cc(NC(=O)[C@H]2COc3ccccc3C2)ccc1Br. The van der Waals surface area contributed by atoms with Crippen LogP contribution in [0.4, 0.5) is 5.69 Å². The fraction of sp³-hybridized carbons (Fsp3) is 0.235. The minimum Gasteiger partial charge on any atom is -0.492 e. The predicted molar refractivity (Wildman–Crippen MR) is 86.6 cm³/mol. The van der Waals surface area contributed by atoms with Gasteiger partial charge in [-0.25, -0.2) is 0 Å². The molecule has 0 spiro atoms. The van der Waals surface area contributed by atoms with Gasteiger partial charge in [-0.05, 0) is 48.7 Å². The third kappa shape index (κ3) is 3.10. The van der Waals surface area contributed by atoms with Crippen molar-refractivity contribution in [2.75, 3.05) is 11.9 Å². The molecule has 2 aromatic carbocycles. The number of rotatable bonds is 2. The van der Waals surface area contributed by atoms with Crippen molar-refractivity contribution in [1.29, 1.82) is 0 Å². The molecule has 0 aliphatic carbocycles. The standard InChI is InChI=1S/C17H16BrNO2/c1-11-8-14(6-7-15(11)18)19-17(20)13-9-12-4-2-3-5-16(12)21-10-13/h2-8,13H,9-10H2,1H3,(H,19,20)/t13-/m1/s1. The smallest absolute Gasteiger partial charge is 0.231 e. The Labute approximate surface area is 132 Å². The van der Waals surface area contributed by atoms with Crippen molar-refractivity contribution in [1.82, 2.24) is 0 Å². The highest BCUT2D eigenvalue weighted by Crippen LogP contribution is 2.28. The van der Waals surface area contributed by atoms with Crippen LogP contribution in [-0.4, -0.2) is 12.5 Å². The average molecular weight is 346 g/mol. The van der Waals surface area contributed by atoms with Crippen molar-refractivity contribution in [2.24, 2.45) is 5.92 Å². The van der Waals surface area contributed by atoms with Gasteiger partial charge in [-0.1, -0.05) is 34.1 Å². The maximum absolute atomic E-state index is 12.4. The number of carbonyl (C=O) groups is 1. The molecular formula is C17H16BrNO2. The van der Waals surface area contributed by atoms with Crippen LogP contribution in [0.1, 0.15) is 11.1 Å². The van der Waals surface area contributed by atoms with Gasteiger partial charge in [-0.2, -0.15) is 0 Å². The lowest BCUT2D eigenvalue weighted by Gasteiger charge is -2.24. The molecule has 0 radical (unpaired) electrons. The van der Waals surface area contributed by atoms with Crippen LogP contribution in [0.3, 0.4) is 0 Å². The maximum Gasteiger partial charge on any atom is 0.231 e. The summed E-state index contributed by atoms with van der Waals surface area (Å²) in [5.41, 5.74) is 3.01. The number of hydrogen-bond acceptors (Lipinski definition) is 2. The summed E-state index contributed by atoms with van der Waals surface area (Å²) in [5, 5.41) is 2.97. The summed E-state index contributed by atoms with van der Waals surface area (Å²) in [6.07, 6.45) is 0.720. The van der Waals surface area contributed by atoms with Crippen molar-refractivity contribution < 1.29 is 9.53 Å². The van der Waals surface area contributed by atoms with Gasteiger partial charge in [-0.15, -0.1) is 0 Å². The zero-order valence-electron chi connectivity index (χ0n) is 11.7. The highest BCUT2D eigenvalue weighted by Gasteiger charge is 2.25. The number of fused-ring (bicyclic) bond motifs is 1. The van der Waals surface area contributed by atoms with Crippen LogP contribution >= 0.6 is 15.9 Å². The number of halogens is 1. The lowest BCUT2D eigenvalue weighted by Crippen LogP contribution is -2.32. The lowest BCUT2D eigenvalue weighted by atomic mass is 9.96. The van der Waals surface area contributed by atoms with Crippen LogP contribution in [0, 0.1) is 12.8 Å². The first-order chi connectivity index (χ1) is 10.1. The van der Waals surface area contributed by atoms with Crippen LogP contribution < -0.4 is 10.1 Å². The molecule has 21 heavy (non-hydrogen) atoms. The summed E-state index contributed by atoms with van der Waals surface area (Å²) in [6.45, 7) is 2.43. The number of nitrogens with one attached hydrogen (secondary N) is 1. The number of ether oxygens (including phenoxy) is 1. The molecule has 0 aromatic heterocycles. The van der Waals surface area contributed by atoms with Crippen LogP contribution in [0.25, 0.3) is 0 Å². The third-order valence-electron chi connectivity index (χ3n) is 3.68. The topological polar surface area (TPSA) is 38.3 Å². The van der Waals surface area contributed by atoms with Crippen molar-refractivity contribution in [2.45, 2.75) is 13.3 Å². The first-order valence-electron chi connectivity index (χ1n) is 6.91. The van der Waals surface area contributed by atoms with Crippen molar-refractivity contribution in [3.63, 3.8) is 0 Å². The van der Waals surface area contributed by atoms with E-state index >= 15 is 0 Å². The molecule has 1 aliphatic rings. The molecular weight excluding hydrogens is 330 g/mol. The van der Waals surface area contributed by atoms with Crippen LogP contribution in [0.15, 0.2) is 46.9 Å². The summed E-state index contributed by atoms with van der Waals surface area (Å²) >= 11 is 3.46. The molecule has 0 saturated heterocycles. The number of amides is 1. The number of para-hydroxylation sites is 1. The summed E-state index contributed by atoms with van der Waals surface area (Å²) in [4.78, 5) is 12.4. The van der Waals surface area contributed by atoms with Crippen LogP contribution in [0.5, 0.6) is 5.75 Å². The zero-order valence-corrected chi connectivity index (χ0v) is 13.3. The molecule has 108 valence electrons. The minimum absolute atomic E-state index is 0.00576. The molecule has 0 saturated carbocycles. The summed E-state index contributed by atoms with van der Waals surface area (Å²) < 4.78 is 6.71. The third-order valence-corrected chi connectivity index (χ3v) is 4.56. The Hall–Kier alpha value is -1.81. The molecule has 4 heteroatoms. The Bertz CT molecular complexity index is 684. The number of aryl methyl sites for hydroxylation is 1. The molecule has 3 rings (SSSR count). The Morgan fingerprint density at radius 3 is 2.90 bits per heavy atom. The monoisotopic (exact) mass is 345 g/mol. The van der Waals surface area contributed by atoms with E-state index in [0.29, 0.717) is 6.61 Å². The largest absolute Gasteiger partial charge is 0.492 e. The van der Waals surface area contributed by atoms with E-state index in [9.17, 15) is 4.79 Å². The molecule has 1 heterocycles. The van der Waals surface area contributed by atoms with E-state index < -0.39 is 0 Å². The molecule has 1 N–H and O–H groups in total. The maximum atomic E-state index is 12.4. The van der Waals surface area contributed by atoms with Crippen molar-refractivity contribution in [3.8, 4) is 5.75 Å². The van der Waals surface area contributed by atoms with Gasteiger partial charge in [0, 0.05) is 10.2 Å². The fourth-order valence-electron chi connectivity index (χ4n) is 2.46. The van der Waals surface area contributed by atoms with Gasteiger partial charge >= 0.3 is 0 Å². The first-order valence-corrected chi connectivity index (χ1v) is 7.70. The highest BCUT2D eigenvalue weighted by atomic mass is 79.9. The predicted octanol–water partition coefficient (Wildman–Crippen LogP) is 3.95. The molecule has 0 fully saturated rings. The van der Waals surface area contributed by atoms with Crippen molar-refractivity contribution in [3.05, 3.63) is 58.1 Å². The Morgan fingerprint density at radius 2 is 2.10 bits per heavy atom. The van der Waals surface area contributed by atoms with Crippen LogP contribution in [-0.2, 0) is 11.2 Å². The summed E-state index contributed by atoms with van der Waals surface area (Å²) in [6, 6.07) is 13.7. The lowest BCUT2D eigenvalue weighted by molar-refractivity contribution is -0.121. The number of hydrogen-bond donors (Lipinski definition) is 1. The molecule has 2 aromatic rings. The van der Waals surface area contributed by atoms with Gasteiger partial charge in [-0.3, -0.25) is 4.79 Å². The van der Waals surface area contributed by atoms with E-state index in [-0.39, 0.29) is 11.8 Å². The first kappa shape index (κ1) is 14.1. The minimum atomic E-state index is -0.149. The Kier molecular flexibility index (Phi) is 3.97. The molecule has 1 aliphatic heterocycles. The second kappa shape index (κ2) is 5.90. The van der Waals surface area contributed by atoms with Crippen LogP contribution in [0.2, 0.25) is 0 Å². The molecule has 3 nitrogen and oxygen atoms in total. The number of anilines is 1. The zero-order chi connectivity index (χ0) is 14.8. The van der Waals surface area contributed by atoms with E-state index in [4.69, 9.17) is 4.74 Å². The average Bonchev–Trinajstić information content (AvgIpc) is 2.50. The normalized spacial score (nSPS) is 16.8. The van der Waals surface area contributed by atoms with Gasteiger partial charge < -0.3 is 10.1 Å². The van der Waals surface area contributed by atoms with Gasteiger partial charge in [0.1, 0.15) is 12.4 Å². The molecule has 1 amide bonds. The van der Waals surface area contributed by atoms with E-state index in [1.807, 2.05) is 49.4 Å². The Balaban J connectivity index is 1.70. The second-order valence-electron chi connectivity index (χ2n) is 5.27. The van der Waals surface area contributed by atoms with Gasteiger partial charge in [0.15, 0.2) is 0 Å². The second-order valence-corrected chi connectivity index (χ2v) is 6.13. The number of carbonyl (C=O) groups excluding carboxylic acids is 1. The quantitative estimate of drug-likeness (QED) is 0.894. The summed E-state index contributed by atoms with van der Waals surface area (Å²) in [5.74, 6) is 0.746.